The number of thioether (sulfide) groups is 1. The molecule has 0 saturated heterocycles. The van der Waals surface area contributed by atoms with Crippen LogP contribution in [0.2, 0.25) is 0 Å². The molecule has 6 heteroatoms. The summed E-state index contributed by atoms with van der Waals surface area (Å²) in [5.74, 6) is -0.132. The molecule has 5 nitrogen and oxygen atoms in total. The molecule has 0 radical (unpaired) electrons. The predicted molar refractivity (Wildman–Crippen MR) is 82.4 cm³/mol. The van der Waals surface area contributed by atoms with Gasteiger partial charge >= 0.3 is 5.97 Å². The molecule has 0 aliphatic carbocycles. The molecule has 2 N–H and O–H groups in total. The second-order valence-electron chi connectivity index (χ2n) is 4.26. The van der Waals surface area contributed by atoms with E-state index < -0.39 is 5.97 Å². The average molecular weight is 302 g/mol. The van der Waals surface area contributed by atoms with Crippen LogP contribution in [-0.2, 0) is 10.5 Å². The first-order valence-corrected chi connectivity index (χ1v) is 7.41. The molecule has 1 aromatic heterocycles. The largest absolute Gasteiger partial charge is 0.477 e. The molecule has 2 rings (SSSR count). The maximum atomic E-state index is 11.7. The van der Waals surface area contributed by atoms with Crippen molar-refractivity contribution in [3.63, 3.8) is 0 Å². The van der Waals surface area contributed by atoms with Crippen LogP contribution in [-0.4, -0.2) is 27.7 Å². The molecular formula is C15H14N2O3S. The third-order valence-electron chi connectivity index (χ3n) is 2.61. The Bertz CT molecular complexity index is 615. The molecule has 0 fully saturated rings. The Morgan fingerprint density at radius 3 is 2.52 bits per heavy atom. The third kappa shape index (κ3) is 4.92. The van der Waals surface area contributed by atoms with Gasteiger partial charge in [-0.05, 0) is 17.7 Å². The van der Waals surface area contributed by atoms with Crippen molar-refractivity contribution < 1.29 is 14.7 Å². The lowest BCUT2D eigenvalue weighted by molar-refractivity contribution is -0.113. The zero-order valence-electron chi connectivity index (χ0n) is 11.2. The number of pyridine rings is 1. The summed E-state index contributed by atoms with van der Waals surface area (Å²) < 4.78 is 0. The lowest BCUT2D eigenvalue weighted by Gasteiger charge is -2.05. The van der Waals surface area contributed by atoms with Gasteiger partial charge < -0.3 is 10.4 Å². The van der Waals surface area contributed by atoms with E-state index in [1.807, 2.05) is 30.3 Å². The van der Waals surface area contributed by atoms with Crippen LogP contribution in [0, 0.1) is 0 Å². The number of amides is 1. The first-order chi connectivity index (χ1) is 10.1. The summed E-state index contributed by atoms with van der Waals surface area (Å²) >= 11 is 1.52. The van der Waals surface area contributed by atoms with Gasteiger partial charge in [-0.15, -0.1) is 11.8 Å². The number of nitrogens with one attached hydrogen (secondary N) is 1. The highest BCUT2D eigenvalue weighted by Crippen LogP contribution is 2.13. The van der Waals surface area contributed by atoms with Crippen LogP contribution in [0.5, 0.6) is 0 Å². The smallest absolute Gasteiger partial charge is 0.354 e. The van der Waals surface area contributed by atoms with Gasteiger partial charge in [0.1, 0.15) is 5.69 Å². The number of nitrogens with zero attached hydrogens (tertiary/aromatic N) is 1. The number of hydrogen-bond donors (Lipinski definition) is 2. The van der Waals surface area contributed by atoms with E-state index in [-0.39, 0.29) is 11.6 Å². The molecular weight excluding hydrogens is 288 g/mol. The molecule has 108 valence electrons. The number of carboxylic acids is 1. The fraction of sp³-hybridized carbons (Fsp3) is 0.133. The van der Waals surface area contributed by atoms with Crippen LogP contribution >= 0.6 is 11.8 Å². The maximum absolute atomic E-state index is 11.7. The van der Waals surface area contributed by atoms with E-state index in [0.717, 1.165) is 5.75 Å². The van der Waals surface area contributed by atoms with Gasteiger partial charge in [-0.2, -0.15) is 0 Å². The van der Waals surface area contributed by atoms with Gasteiger partial charge in [0.15, 0.2) is 0 Å². The van der Waals surface area contributed by atoms with Crippen molar-refractivity contribution in [2.75, 3.05) is 11.1 Å². The minimum Gasteiger partial charge on any atom is -0.477 e. The minimum atomic E-state index is -1.09. The number of aromatic nitrogens is 1. The minimum absolute atomic E-state index is 0.0496. The van der Waals surface area contributed by atoms with E-state index in [1.54, 1.807) is 0 Å². The highest BCUT2D eigenvalue weighted by molar-refractivity contribution is 7.99. The SMILES string of the molecule is O=C(CSCc1ccccc1)Nc1ccc(C(=O)O)nc1. The molecule has 0 aliphatic heterocycles. The van der Waals surface area contributed by atoms with Crippen molar-refractivity contribution in [3.05, 3.63) is 59.9 Å². The van der Waals surface area contributed by atoms with Gasteiger partial charge in [0.05, 0.1) is 17.6 Å². The van der Waals surface area contributed by atoms with Gasteiger partial charge in [0, 0.05) is 5.75 Å². The number of benzene rings is 1. The Labute approximate surface area is 126 Å². The summed E-state index contributed by atoms with van der Waals surface area (Å²) in [4.78, 5) is 26.1. The fourth-order valence-corrected chi connectivity index (χ4v) is 2.41. The second-order valence-corrected chi connectivity index (χ2v) is 5.25. The molecule has 21 heavy (non-hydrogen) atoms. The molecule has 2 aromatic rings. The second kappa shape index (κ2) is 7.44. The van der Waals surface area contributed by atoms with Gasteiger partial charge in [0.25, 0.3) is 0 Å². The number of carboxylic acid groups (broad SMARTS) is 1. The van der Waals surface area contributed by atoms with E-state index >= 15 is 0 Å². The lowest BCUT2D eigenvalue weighted by atomic mass is 10.2. The first-order valence-electron chi connectivity index (χ1n) is 6.26. The Morgan fingerprint density at radius 1 is 1.14 bits per heavy atom. The Kier molecular flexibility index (Phi) is 5.34. The van der Waals surface area contributed by atoms with Crippen molar-refractivity contribution in [1.82, 2.24) is 4.98 Å². The van der Waals surface area contributed by atoms with Crippen molar-refractivity contribution in [1.29, 1.82) is 0 Å². The van der Waals surface area contributed by atoms with Crippen molar-refractivity contribution in [3.8, 4) is 0 Å². The van der Waals surface area contributed by atoms with E-state index in [0.29, 0.717) is 11.4 Å². The first kappa shape index (κ1) is 15.1. The number of carbonyl (C=O) groups excluding carboxylic acids is 1. The Morgan fingerprint density at radius 2 is 1.90 bits per heavy atom. The average Bonchev–Trinajstić information content (AvgIpc) is 2.49. The Hall–Kier alpha value is -2.34. The number of aromatic carboxylic acids is 1. The summed E-state index contributed by atoms with van der Waals surface area (Å²) in [6, 6.07) is 12.8. The molecule has 1 amide bonds. The summed E-state index contributed by atoms with van der Waals surface area (Å²) in [5.41, 5.74) is 1.61. The summed E-state index contributed by atoms with van der Waals surface area (Å²) in [7, 11) is 0. The van der Waals surface area contributed by atoms with Gasteiger partial charge in [-0.3, -0.25) is 4.79 Å². The van der Waals surface area contributed by atoms with Crippen LogP contribution in [0.15, 0.2) is 48.7 Å². The van der Waals surface area contributed by atoms with Crippen LogP contribution in [0.4, 0.5) is 5.69 Å². The van der Waals surface area contributed by atoms with E-state index in [9.17, 15) is 9.59 Å². The quantitative estimate of drug-likeness (QED) is 0.857. The molecule has 0 aliphatic rings. The number of hydrogen-bond acceptors (Lipinski definition) is 4. The summed E-state index contributed by atoms with van der Waals surface area (Å²) in [6.45, 7) is 0. The zero-order chi connectivity index (χ0) is 15.1. The van der Waals surface area contributed by atoms with Crippen LogP contribution in [0.25, 0.3) is 0 Å². The number of rotatable bonds is 6. The summed E-state index contributed by atoms with van der Waals surface area (Å²) in [6.07, 6.45) is 1.34. The maximum Gasteiger partial charge on any atom is 0.354 e. The molecule has 0 saturated carbocycles. The fourth-order valence-electron chi connectivity index (χ4n) is 1.63. The van der Waals surface area contributed by atoms with Crippen molar-refractivity contribution >= 4 is 29.3 Å². The molecule has 0 unspecified atom stereocenters. The zero-order valence-corrected chi connectivity index (χ0v) is 12.0. The highest BCUT2D eigenvalue weighted by atomic mass is 32.2. The predicted octanol–water partition coefficient (Wildman–Crippen LogP) is 2.65. The molecule has 1 aromatic carbocycles. The normalized spacial score (nSPS) is 10.1. The van der Waals surface area contributed by atoms with Crippen LogP contribution in [0.3, 0.4) is 0 Å². The van der Waals surface area contributed by atoms with Crippen molar-refractivity contribution in [2.45, 2.75) is 5.75 Å². The summed E-state index contributed by atoms with van der Waals surface area (Å²) in [5, 5.41) is 11.4. The Balaban J connectivity index is 1.78. The topological polar surface area (TPSA) is 79.3 Å². The third-order valence-corrected chi connectivity index (χ3v) is 3.61. The van der Waals surface area contributed by atoms with Gasteiger partial charge in [0.2, 0.25) is 5.91 Å². The lowest BCUT2D eigenvalue weighted by Crippen LogP contribution is -2.14. The van der Waals surface area contributed by atoms with E-state index in [4.69, 9.17) is 5.11 Å². The molecule has 1 heterocycles. The van der Waals surface area contributed by atoms with Gasteiger partial charge in [-0.25, -0.2) is 9.78 Å². The number of anilines is 1. The molecule has 0 spiro atoms. The van der Waals surface area contributed by atoms with Gasteiger partial charge in [-0.1, -0.05) is 30.3 Å². The number of carbonyl (C=O) groups is 2. The van der Waals surface area contributed by atoms with E-state index in [2.05, 4.69) is 10.3 Å². The monoisotopic (exact) mass is 302 g/mol. The van der Waals surface area contributed by atoms with E-state index in [1.165, 1.54) is 35.7 Å². The van der Waals surface area contributed by atoms with Crippen LogP contribution < -0.4 is 5.32 Å². The molecule has 0 atom stereocenters. The molecule has 0 bridgehead atoms. The van der Waals surface area contributed by atoms with Crippen molar-refractivity contribution in [2.24, 2.45) is 0 Å². The highest BCUT2D eigenvalue weighted by Gasteiger charge is 2.06. The standard InChI is InChI=1S/C15H14N2O3S/c18-14(10-21-9-11-4-2-1-3-5-11)17-12-6-7-13(15(19)20)16-8-12/h1-8H,9-10H2,(H,17,18)(H,19,20). The van der Waals surface area contributed by atoms with Crippen LogP contribution in [0.1, 0.15) is 16.1 Å².